The number of pyridine rings is 1. The lowest BCUT2D eigenvalue weighted by Gasteiger charge is -2.50. The van der Waals surface area contributed by atoms with Gasteiger partial charge in [0.05, 0.1) is 18.7 Å². The third-order valence-corrected chi connectivity index (χ3v) is 6.65. The van der Waals surface area contributed by atoms with E-state index in [4.69, 9.17) is 9.72 Å². The Bertz CT molecular complexity index is 886. The van der Waals surface area contributed by atoms with Crippen LogP contribution < -0.4 is 4.74 Å². The van der Waals surface area contributed by atoms with E-state index in [1.807, 2.05) is 18.2 Å². The van der Waals surface area contributed by atoms with E-state index in [-0.39, 0.29) is 11.5 Å². The van der Waals surface area contributed by atoms with Gasteiger partial charge in [-0.25, -0.2) is 0 Å². The Morgan fingerprint density at radius 2 is 2.11 bits per heavy atom. The summed E-state index contributed by atoms with van der Waals surface area (Å²) in [5.74, 6) is 1.98. The topological polar surface area (TPSA) is 45.6 Å². The van der Waals surface area contributed by atoms with Gasteiger partial charge in [-0.3, -0.25) is 9.88 Å². The van der Waals surface area contributed by atoms with Crippen LogP contribution >= 0.6 is 0 Å². The zero-order chi connectivity index (χ0) is 20.1. The van der Waals surface area contributed by atoms with E-state index in [0.717, 1.165) is 47.4 Å². The van der Waals surface area contributed by atoms with E-state index in [1.54, 1.807) is 7.11 Å². The molecule has 1 aromatic heterocycles. The molecule has 0 radical (unpaired) electrons. The van der Waals surface area contributed by atoms with Crippen LogP contribution in [0.1, 0.15) is 51.0 Å². The molecular weight excluding hydrogens is 348 g/mol. The molecular formula is C24H32N2O2. The van der Waals surface area contributed by atoms with Gasteiger partial charge in [0, 0.05) is 29.1 Å². The van der Waals surface area contributed by atoms with Crippen LogP contribution in [0.15, 0.2) is 36.9 Å². The molecule has 0 aliphatic carbocycles. The molecule has 4 heterocycles. The normalized spacial score (nSPS) is 28.3. The first kappa shape index (κ1) is 19.4. The zero-order valence-electron chi connectivity index (χ0n) is 17.5. The molecule has 1 N–H and O–H groups in total. The molecule has 4 nitrogen and oxygen atoms in total. The number of aromatic nitrogens is 1. The summed E-state index contributed by atoms with van der Waals surface area (Å²) in [7, 11) is 1.68. The fourth-order valence-electron chi connectivity index (χ4n) is 4.90. The number of aliphatic hydroxyl groups excluding tert-OH is 1. The maximum Gasteiger partial charge on any atom is 0.119 e. The zero-order valence-corrected chi connectivity index (χ0v) is 17.5. The van der Waals surface area contributed by atoms with Crippen molar-refractivity contribution in [2.24, 2.45) is 11.8 Å². The fourth-order valence-corrected chi connectivity index (χ4v) is 4.90. The highest BCUT2D eigenvalue weighted by atomic mass is 16.5. The maximum atomic E-state index is 11.5. The number of ether oxygens (including phenoxy) is 1. The molecule has 5 atom stereocenters. The van der Waals surface area contributed by atoms with Crippen molar-refractivity contribution in [1.29, 1.82) is 0 Å². The predicted octanol–water partition coefficient (Wildman–Crippen LogP) is 4.47. The molecule has 0 amide bonds. The Morgan fingerprint density at radius 3 is 2.71 bits per heavy atom. The van der Waals surface area contributed by atoms with Crippen molar-refractivity contribution >= 4 is 10.9 Å². The predicted molar refractivity (Wildman–Crippen MR) is 114 cm³/mol. The van der Waals surface area contributed by atoms with E-state index in [1.165, 1.54) is 6.42 Å². The molecule has 2 aromatic rings. The van der Waals surface area contributed by atoms with Crippen molar-refractivity contribution in [2.45, 2.75) is 51.2 Å². The molecule has 28 heavy (non-hydrogen) atoms. The molecule has 2 bridgehead atoms. The first-order chi connectivity index (χ1) is 13.3. The summed E-state index contributed by atoms with van der Waals surface area (Å²) < 4.78 is 5.45. The second kappa shape index (κ2) is 7.16. The van der Waals surface area contributed by atoms with Crippen LogP contribution in [0.3, 0.4) is 0 Å². The number of hydrogen-bond acceptors (Lipinski definition) is 4. The van der Waals surface area contributed by atoms with Gasteiger partial charge in [-0.15, -0.1) is 6.58 Å². The van der Waals surface area contributed by atoms with Gasteiger partial charge >= 0.3 is 0 Å². The van der Waals surface area contributed by atoms with Crippen LogP contribution in [-0.4, -0.2) is 41.2 Å². The highest BCUT2D eigenvalue weighted by Gasteiger charge is 2.42. The van der Waals surface area contributed by atoms with Gasteiger partial charge < -0.3 is 9.84 Å². The Labute approximate surface area is 168 Å². The van der Waals surface area contributed by atoms with E-state index in [9.17, 15) is 5.11 Å². The van der Waals surface area contributed by atoms with Crippen LogP contribution in [0, 0.1) is 11.8 Å². The van der Waals surface area contributed by atoms with Crippen LogP contribution in [0.5, 0.6) is 5.75 Å². The molecule has 3 fully saturated rings. The second-order valence-corrected chi connectivity index (χ2v) is 9.42. The molecule has 0 spiro atoms. The molecule has 3 saturated heterocycles. The van der Waals surface area contributed by atoms with Crippen molar-refractivity contribution in [1.82, 2.24) is 9.88 Å². The summed E-state index contributed by atoms with van der Waals surface area (Å²) in [5.41, 5.74) is 2.82. The average molecular weight is 381 g/mol. The Kier molecular flexibility index (Phi) is 4.96. The molecule has 4 heteroatoms. The van der Waals surface area contributed by atoms with Gasteiger partial charge in [0.1, 0.15) is 5.75 Å². The number of piperidine rings is 3. The van der Waals surface area contributed by atoms with Gasteiger partial charge in [-0.05, 0) is 61.1 Å². The van der Waals surface area contributed by atoms with E-state index in [2.05, 4.69) is 44.4 Å². The summed E-state index contributed by atoms with van der Waals surface area (Å²) in [6, 6.07) is 8.22. The van der Waals surface area contributed by atoms with Crippen LogP contribution in [0.4, 0.5) is 0 Å². The number of rotatable bonds is 4. The lowest BCUT2D eigenvalue weighted by Crippen LogP contribution is -2.54. The van der Waals surface area contributed by atoms with Crippen molar-refractivity contribution in [3.63, 3.8) is 0 Å². The number of nitrogens with zero attached hydrogens (tertiary/aromatic N) is 2. The molecule has 1 aromatic carbocycles. The van der Waals surface area contributed by atoms with Gasteiger partial charge in [0.25, 0.3) is 0 Å². The molecule has 150 valence electrons. The summed E-state index contributed by atoms with van der Waals surface area (Å²) in [5, 5.41) is 12.5. The minimum absolute atomic E-state index is 0.0810. The number of fused-ring (bicyclic) bond motifs is 4. The van der Waals surface area contributed by atoms with Crippen LogP contribution in [-0.2, 0) is 5.41 Å². The Hall–Kier alpha value is -1.91. The summed E-state index contributed by atoms with van der Waals surface area (Å²) in [6.45, 7) is 12.6. The Morgan fingerprint density at radius 1 is 1.32 bits per heavy atom. The minimum Gasteiger partial charge on any atom is -0.497 e. The van der Waals surface area contributed by atoms with Crippen molar-refractivity contribution in [3.05, 3.63) is 48.2 Å². The summed E-state index contributed by atoms with van der Waals surface area (Å²) in [4.78, 5) is 7.35. The maximum absolute atomic E-state index is 11.5. The molecule has 2 unspecified atom stereocenters. The third-order valence-electron chi connectivity index (χ3n) is 6.65. The first-order valence-electron chi connectivity index (χ1n) is 10.4. The Balaban J connectivity index is 1.79. The lowest BCUT2D eigenvalue weighted by atomic mass is 9.73. The number of methoxy groups -OCH3 is 1. The first-order valence-corrected chi connectivity index (χ1v) is 10.4. The highest BCUT2D eigenvalue weighted by Crippen LogP contribution is 2.43. The monoisotopic (exact) mass is 380 g/mol. The van der Waals surface area contributed by atoms with E-state index < -0.39 is 6.10 Å². The van der Waals surface area contributed by atoms with Gasteiger partial charge in [-0.2, -0.15) is 0 Å². The number of benzene rings is 1. The van der Waals surface area contributed by atoms with Crippen LogP contribution in [0.2, 0.25) is 0 Å². The molecule has 3 aliphatic rings. The highest BCUT2D eigenvalue weighted by molar-refractivity contribution is 5.84. The number of aliphatic hydroxyl groups is 1. The smallest absolute Gasteiger partial charge is 0.119 e. The molecule has 0 saturated carbocycles. The molecule has 5 rings (SSSR count). The minimum atomic E-state index is -0.535. The van der Waals surface area contributed by atoms with E-state index in [0.29, 0.717) is 11.8 Å². The standard InChI is InChI=1S/C24H32N2O2/c1-6-15-14-26-10-9-16(15)11-21(26)23(27)19-13-22(24(2,3)4)25-20-8-7-17(28-5)12-18(19)20/h6-8,12-13,15-16,21,23,27H,1,9-11,14H2,2-5H3/t15-,16?,21-,23+/m0/s1. The van der Waals surface area contributed by atoms with Gasteiger partial charge in [-0.1, -0.05) is 26.8 Å². The van der Waals surface area contributed by atoms with Crippen molar-refractivity contribution in [2.75, 3.05) is 20.2 Å². The fraction of sp³-hybridized carbons (Fsp3) is 0.542. The van der Waals surface area contributed by atoms with Crippen molar-refractivity contribution in [3.8, 4) is 5.75 Å². The summed E-state index contributed by atoms with van der Waals surface area (Å²) >= 11 is 0. The van der Waals surface area contributed by atoms with Gasteiger partial charge in [0.2, 0.25) is 0 Å². The van der Waals surface area contributed by atoms with E-state index >= 15 is 0 Å². The number of hydrogen-bond donors (Lipinski definition) is 1. The van der Waals surface area contributed by atoms with Crippen LogP contribution in [0.25, 0.3) is 10.9 Å². The largest absolute Gasteiger partial charge is 0.497 e. The third kappa shape index (κ3) is 3.33. The SMILES string of the molecule is C=C[C@H]1CN2CCC1C[C@H]2[C@H](O)c1cc(C(C)(C)C)nc2ccc(OC)cc12. The van der Waals surface area contributed by atoms with Crippen molar-refractivity contribution < 1.29 is 9.84 Å². The summed E-state index contributed by atoms with van der Waals surface area (Å²) in [6.07, 6.45) is 3.80. The second-order valence-electron chi connectivity index (χ2n) is 9.42. The molecule has 3 aliphatic heterocycles. The van der Waals surface area contributed by atoms with Gasteiger partial charge in [0.15, 0.2) is 0 Å². The average Bonchev–Trinajstić information content (AvgIpc) is 2.71. The lowest BCUT2D eigenvalue weighted by molar-refractivity contribution is -0.0445. The quantitative estimate of drug-likeness (QED) is 0.795.